The van der Waals surface area contributed by atoms with Crippen molar-refractivity contribution in [2.24, 2.45) is 0 Å². The topological polar surface area (TPSA) is 109 Å². The number of hydrogen-bond acceptors (Lipinski definition) is 4. The van der Waals surface area contributed by atoms with Crippen molar-refractivity contribution in [2.45, 2.75) is 26.3 Å². The maximum atomic E-state index is 14.8. The molecular weight excluding hydrogens is 417 g/mol. The molecule has 2 aromatic carbocycles. The molecule has 1 amide bonds. The predicted octanol–water partition coefficient (Wildman–Crippen LogP) is 2.89. The number of carboxylic acid groups (broad SMARTS) is 1. The molecule has 0 fully saturated rings. The Bertz CT molecular complexity index is 1240. The fourth-order valence-corrected chi connectivity index (χ4v) is 3.30. The molecule has 1 atom stereocenters. The summed E-state index contributed by atoms with van der Waals surface area (Å²) in [6.07, 6.45) is -0.550. The largest absolute Gasteiger partial charge is 0.503 e. The number of aliphatic carboxylic acids is 1. The molecule has 10 heteroatoms. The summed E-state index contributed by atoms with van der Waals surface area (Å²) < 4.78 is 43.4. The molecule has 0 aliphatic rings. The van der Waals surface area contributed by atoms with E-state index >= 15 is 0 Å². The zero-order valence-electron chi connectivity index (χ0n) is 16.4. The smallest absolute Gasteiger partial charge is 0.325 e. The molecule has 7 nitrogen and oxygen atoms in total. The second kappa shape index (κ2) is 8.13. The number of phenols is 1. The van der Waals surface area contributed by atoms with Crippen molar-refractivity contribution in [3.8, 4) is 5.75 Å². The van der Waals surface area contributed by atoms with E-state index < -0.39 is 53.4 Å². The summed E-state index contributed by atoms with van der Waals surface area (Å²) >= 11 is 0. The highest BCUT2D eigenvalue weighted by Crippen LogP contribution is 2.35. The van der Waals surface area contributed by atoms with Crippen LogP contribution in [0, 0.1) is 24.4 Å². The van der Waals surface area contributed by atoms with Crippen LogP contribution >= 0.6 is 0 Å². The highest BCUT2D eigenvalue weighted by atomic mass is 19.1. The zero-order chi connectivity index (χ0) is 23.0. The van der Waals surface area contributed by atoms with E-state index in [1.165, 1.54) is 26.0 Å². The number of benzene rings is 2. The maximum absolute atomic E-state index is 14.8. The molecule has 0 spiro atoms. The van der Waals surface area contributed by atoms with Gasteiger partial charge < -0.3 is 15.5 Å². The van der Waals surface area contributed by atoms with Crippen LogP contribution in [0.1, 0.15) is 28.5 Å². The van der Waals surface area contributed by atoms with E-state index in [2.05, 4.69) is 5.32 Å². The van der Waals surface area contributed by atoms with Crippen LogP contribution in [0.3, 0.4) is 0 Å². The lowest BCUT2D eigenvalue weighted by molar-refractivity contribution is -0.141. The number of halogens is 3. The van der Waals surface area contributed by atoms with Crippen molar-refractivity contribution in [1.82, 2.24) is 9.88 Å². The highest BCUT2D eigenvalue weighted by molar-refractivity contribution is 6.05. The summed E-state index contributed by atoms with van der Waals surface area (Å²) in [5.41, 5.74) is -0.382. The van der Waals surface area contributed by atoms with Crippen molar-refractivity contribution in [3.63, 3.8) is 0 Å². The van der Waals surface area contributed by atoms with Gasteiger partial charge in [-0.25, -0.2) is 13.2 Å². The summed E-state index contributed by atoms with van der Waals surface area (Å²) in [4.78, 5) is 36.3. The van der Waals surface area contributed by atoms with Gasteiger partial charge in [-0.2, -0.15) is 0 Å². The molecule has 3 rings (SSSR count). The van der Waals surface area contributed by atoms with Crippen molar-refractivity contribution < 1.29 is 37.8 Å². The van der Waals surface area contributed by atoms with E-state index in [4.69, 9.17) is 5.11 Å². The minimum absolute atomic E-state index is 0.0475. The van der Waals surface area contributed by atoms with Crippen LogP contribution in [0.25, 0.3) is 10.9 Å². The molecule has 0 saturated heterocycles. The third-order valence-corrected chi connectivity index (χ3v) is 4.85. The summed E-state index contributed by atoms with van der Waals surface area (Å²) in [6.45, 7) is 2.60. The van der Waals surface area contributed by atoms with Crippen molar-refractivity contribution >= 4 is 28.7 Å². The number of aromatic nitrogens is 1. The lowest BCUT2D eigenvalue weighted by Gasteiger charge is -2.10. The molecule has 0 aliphatic heterocycles. The van der Waals surface area contributed by atoms with Gasteiger partial charge in [0.1, 0.15) is 11.9 Å². The number of nitrogens with zero attached hydrogens (tertiary/aromatic N) is 1. The molecule has 0 saturated carbocycles. The monoisotopic (exact) mass is 434 g/mol. The van der Waals surface area contributed by atoms with Gasteiger partial charge in [-0.3, -0.25) is 19.0 Å². The van der Waals surface area contributed by atoms with Gasteiger partial charge in [-0.05, 0) is 37.6 Å². The number of rotatable bonds is 5. The fraction of sp³-hybridized carbons (Fsp3) is 0.190. The Labute approximate surface area is 173 Å². The standard InChI is InChI=1S/C21H17F3N2O5/c1-9(21(30)31)25-16(27)7-13-10(2)26(20(29)11-4-3-5-12(22)6-11)15-8-14(23)19(28)18(24)17(13)15/h3-6,8-9,28H,7H2,1-2H3,(H,25,27)(H,30,31). The van der Waals surface area contributed by atoms with E-state index in [0.717, 1.165) is 22.8 Å². The summed E-state index contributed by atoms with van der Waals surface area (Å²) in [7, 11) is 0. The van der Waals surface area contributed by atoms with E-state index in [-0.39, 0.29) is 27.7 Å². The normalized spacial score (nSPS) is 12.0. The molecule has 162 valence electrons. The lowest BCUT2D eigenvalue weighted by Crippen LogP contribution is -2.39. The number of nitrogens with one attached hydrogen (secondary N) is 1. The van der Waals surface area contributed by atoms with Crippen LogP contribution < -0.4 is 5.32 Å². The van der Waals surface area contributed by atoms with E-state index in [9.17, 15) is 32.7 Å². The lowest BCUT2D eigenvalue weighted by atomic mass is 10.1. The second-order valence-corrected chi connectivity index (χ2v) is 6.93. The average Bonchev–Trinajstić information content (AvgIpc) is 2.96. The van der Waals surface area contributed by atoms with Gasteiger partial charge in [0.05, 0.1) is 11.9 Å². The van der Waals surface area contributed by atoms with Crippen LogP contribution in [-0.4, -0.2) is 38.6 Å². The molecule has 3 N–H and O–H groups in total. The number of carboxylic acids is 1. The minimum atomic E-state index is -1.38. The Morgan fingerprint density at radius 1 is 1.16 bits per heavy atom. The first kappa shape index (κ1) is 21.9. The molecule has 3 aromatic rings. The first-order valence-corrected chi connectivity index (χ1v) is 9.06. The molecule has 0 aliphatic carbocycles. The van der Waals surface area contributed by atoms with Crippen LogP contribution in [0.5, 0.6) is 5.75 Å². The first-order valence-electron chi connectivity index (χ1n) is 9.06. The fourth-order valence-electron chi connectivity index (χ4n) is 3.30. The maximum Gasteiger partial charge on any atom is 0.325 e. The molecule has 1 heterocycles. The Hall–Kier alpha value is -3.82. The van der Waals surface area contributed by atoms with Gasteiger partial charge in [0.2, 0.25) is 5.91 Å². The van der Waals surface area contributed by atoms with Crippen LogP contribution in [-0.2, 0) is 16.0 Å². The molecule has 31 heavy (non-hydrogen) atoms. The van der Waals surface area contributed by atoms with E-state index in [1.54, 1.807) is 0 Å². The van der Waals surface area contributed by atoms with Crippen molar-refractivity contribution in [1.29, 1.82) is 0 Å². The number of carbonyl (C=O) groups excluding carboxylic acids is 2. The first-order chi connectivity index (χ1) is 14.5. The summed E-state index contributed by atoms with van der Waals surface area (Å²) in [6, 6.07) is 4.17. The highest BCUT2D eigenvalue weighted by Gasteiger charge is 2.27. The van der Waals surface area contributed by atoms with Gasteiger partial charge in [0.25, 0.3) is 5.91 Å². The Morgan fingerprint density at radius 3 is 2.45 bits per heavy atom. The molecular formula is C21H17F3N2O5. The third kappa shape index (κ3) is 3.96. The predicted molar refractivity (Wildman–Crippen MR) is 103 cm³/mol. The molecule has 1 unspecified atom stereocenters. The Kier molecular flexibility index (Phi) is 5.74. The van der Waals surface area contributed by atoms with Gasteiger partial charge in [-0.1, -0.05) is 6.07 Å². The SMILES string of the molecule is Cc1c(CC(=O)NC(C)C(=O)O)c2c(F)c(O)c(F)cc2n1C(=O)c1cccc(F)c1. The Balaban J connectivity index is 2.20. The number of fused-ring (bicyclic) bond motifs is 1. The Morgan fingerprint density at radius 2 is 1.84 bits per heavy atom. The molecule has 0 radical (unpaired) electrons. The van der Waals surface area contributed by atoms with Gasteiger partial charge in [0, 0.05) is 22.7 Å². The number of amides is 1. The minimum Gasteiger partial charge on any atom is -0.503 e. The number of aromatic hydroxyl groups is 1. The van der Waals surface area contributed by atoms with Gasteiger partial charge in [0.15, 0.2) is 17.4 Å². The number of carbonyl (C=O) groups is 3. The second-order valence-electron chi connectivity index (χ2n) is 6.93. The van der Waals surface area contributed by atoms with Crippen LogP contribution in [0.2, 0.25) is 0 Å². The van der Waals surface area contributed by atoms with Crippen molar-refractivity contribution in [3.05, 3.63) is 64.6 Å². The quantitative estimate of drug-likeness (QED) is 0.572. The van der Waals surface area contributed by atoms with Crippen LogP contribution in [0.4, 0.5) is 13.2 Å². The van der Waals surface area contributed by atoms with Crippen LogP contribution in [0.15, 0.2) is 30.3 Å². The van der Waals surface area contributed by atoms with E-state index in [0.29, 0.717) is 0 Å². The van der Waals surface area contributed by atoms with Crippen molar-refractivity contribution in [2.75, 3.05) is 0 Å². The van der Waals surface area contributed by atoms with Gasteiger partial charge >= 0.3 is 5.97 Å². The average molecular weight is 434 g/mol. The number of hydrogen-bond donors (Lipinski definition) is 3. The zero-order valence-corrected chi connectivity index (χ0v) is 16.4. The number of phenolic OH excluding ortho intramolecular Hbond substituents is 1. The van der Waals surface area contributed by atoms with Gasteiger partial charge in [-0.15, -0.1) is 0 Å². The van der Waals surface area contributed by atoms with E-state index in [1.807, 2.05) is 0 Å². The summed E-state index contributed by atoms with van der Waals surface area (Å²) in [5.74, 6) is -7.58. The summed E-state index contributed by atoms with van der Waals surface area (Å²) in [5, 5.41) is 20.5. The molecule has 1 aromatic heterocycles. The molecule has 0 bridgehead atoms. The third-order valence-electron chi connectivity index (χ3n) is 4.85.